The van der Waals surface area contributed by atoms with Gasteiger partial charge in [0.2, 0.25) is 0 Å². The lowest BCUT2D eigenvalue weighted by molar-refractivity contribution is 0.595. The standard InChI is InChI=1S/C13H16BrF2N/c1-2-3-4-5-6-7-17-13-9-11(15)10(14)8-12(13)16/h2,8-9,17H,1,3-7H2. The van der Waals surface area contributed by atoms with Gasteiger partial charge in [-0.15, -0.1) is 6.58 Å². The minimum Gasteiger partial charge on any atom is -0.383 e. The number of allylic oxidation sites excluding steroid dienone is 1. The summed E-state index contributed by atoms with van der Waals surface area (Å²) in [6.07, 6.45) is 5.96. The van der Waals surface area contributed by atoms with Gasteiger partial charge in [0.1, 0.15) is 11.6 Å². The smallest absolute Gasteiger partial charge is 0.147 e. The molecule has 0 aliphatic heterocycles. The molecule has 0 radical (unpaired) electrons. The maximum atomic E-state index is 13.4. The quantitative estimate of drug-likeness (QED) is 0.430. The van der Waals surface area contributed by atoms with E-state index in [1.54, 1.807) is 0 Å². The van der Waals surface area contributed by atoms with Gasteiger partial charge in [-0.05, 0) is 41.3 Å². The van der Waals surface area contributed by atoms with Crippen LogP contribution in [0.15, 0.2) is 29.3 Å². The number of halogens is 3. The summed E-state index contributed by atoms with van der Waals surface area (Å²) in [5, 5.41) is 2.90. The summed E-state index contributed by atoms with van der Waals surface area (Å²) in [5.41, 5.74) is 0.217. The molecule has 1 aromatic carbocycles. The van der Waals surface area contributed by atoms with E-state index in [1.807, 2.05) is 6.08 Å². The molecule has 0 atom stereocenters. The number of hydrogen-bond acceptors (Lipinski definition) is 1. The lowest BCUT2D eigenvalue weighted by atomic mass is 10.2. The zero-order chi connectivity index (χ0) is 12.7. The molecule has 17 heavy (non-hydrogen) atoms. The van der Waals surface area contributed by atoms with Crippen LogP contribution in [-0.4, -0.2) is 6.54 Å². The Balaban J connectivity index is 2.36. The van der Waals surface area contributed by atoms with Gasteiger partial charge in [0.25, 0.3) is 0 Å². The highest BCUT2D eigenvalue weighted by Gasteiger charge is 2.07. The van der Waals surface area contributed by atoms with Crippen molar-refractivity contribution in [2.75, 3.05) is 11.9 Å². The van der Waals surface area contributed by atoms with Crippen LogP contribution in [-0.2, 0) is 0 Å². The van der Waals surface area contributed by atoms with Gasteiger partial charge in [-0.25, -0.2) is 8.78 Å². The average Bonchev–Trinajstić information content (AvgIpc) is 2.30. The second-order valence-corrected chi connectivity index (χ2v) is 4.67. The third-order valence-electron chi connectivity index (χ3n) is 2.41. The number of nitrogens with one attached hydrogen (secondary N) is 1. The van der Waals surface area contributed by atoms with Crippen LogP contribution in [0.4, 0.5) is 14.5 Å². The summed E-state index contributed by atoms with van der Waals surface area (Å²) in [4.78, 5) is 0. The van der Waals surface area contributed by atoms with Crippen molar-refractivity contribution in [1.29, 1.82) is 0 Å². The average molecular weight is 304 g/mol. The molecule has 1 N–H and O–H groups in total. The van der Waals surface area contributed by atoms with E-state index in [2.05, 4.69) is 27.8 Å². The van der Waals surface area contributed by atoms with Gasteiger partial charge in [-0.1, -0.05) is 12.5 Å². The van der Waals surface area contributed by atoms with Crippen molar-refractivity contribution in [2.45, 2.75) is 25.7 Å². The van der Waals surface area contributed by atoms with Crippen LogP contribution < -0.4 is 5.32 Å². The van der Waals surface area contributed by atoms with E-state index < -0.39 is 11.6 Å². The van der Waals surface area contributed by atoms with Crippen molar-refractivity contribution in [2.24, 2.45) is 0 Å². The van der Waals surface area contributed by atoms with Crippen LogP contribution in [0.3, 0.4) is 0 Å². The summed E-state index contributed by atoms with van der Waals surface area (Å²) >= 11 is 2.94. The topological polar surface area (TPSA) is 12.0 Å². The number of benzene rings is 1. The Labute approximate surface area is 109 Å². The summed E-state index contributed by atoms with van der Waals surface area (Å²) in [6.45, 7) is 4.29. The van der Waals surface area contributed by atoms with Crippen molar-refractivity contribution < 1.29 is 8.78 Å². The molecule has 94 valence electrons. The summed E-state index contributed by atoms with van der Waals surface area (Å²) in [7, 11) is 0. The number of anilines is 1. The fraction of sp³-hybridized carbons (Fsp3) is 0.385. The zero-order valence-corrected chi connectivity index (χ0v) is 11.2. The first-order valence-electron chi connectivity index (χ1n) is 5.64. The second kappa shape index (κ2) is 7.43. The Morgan fingerprint density at radius 2 is 1.94 bits per heavy atom. The Bertz CT molecular complexity index is 380. The van der Waals surface area contributed by atoms with E-state index in [9.17, 15) is 8.78 Å². The van der Waals surface area contributed by atoms with Crippen LogP contribution in [0.5, 0.6) is 0 Å². The maximum Gasteiger partial charge on any atom is 0.147 e. The van der Waals surface area contributed by atoms with E-state index in [1.165, 1.54) is 6.07 Å². The summed E-state index contributed by atoms with van der Waals surface area (Å²) in [5.74, 6) is -0.898. The molecule has 0 bridgehead atoms. The molecule has 4 heteroatoms. The highest BCUT2D eigenvalue weighted by molar-refractivity contribution is 9.10. The van der Waals surface area contributed by atoms with Crippen LogP contribution in [0.2, 0.25) is 0 Å². The number of rotatable bonds is 7. The predicted octanol–water partition coefficient (Wildman–Crippen LogP) is 4.89. The molecule has 0 amide bonds. The fourth-order valence-corrected chi connectivity index (χ4v) is 1.79. The molecule has 0 aliphatic rings. The molecule has 1 aromatic rings. The van der Waals surface area contributed by atoms with Gasteiger partial charge in [0, 0.05) is 12.6 Å². The third-order valence-corrected chi connectivity index (χ3v) is 3.02. The Hall–Kier alpha value is -0.900. The molecule has 0 saturated heterocycles. The normalized spacial score (nSPS) is 10.3. The molecule has 0 aromatic heterocycles. The molecule has 0 spiro atoms. The van der Waals surface area contributed by atoms with Crippen LogP contribution in [0.25, 0.3) is 0 Å². The van der Waals surface area contributed by atoms with Crippen LogP contribution in [0.1, 0.15) is 25.7 Å². The summed E-state index contributed by atoms with van der Waals surface area (Å²) in [6, 6.07) is 2.30. The van der Waals surface area contributed by atoms with Gasteiger partial charge < -0.3 is 5.32 Å². The Kier molecular flexibility index (Phi) is 6.19. The summed E-state index contributed by atoms with van der Waals surface area (Å²) < 4.78 is 26.7. The molecule has 1 nitrogen and oxygen atoms in total. The lowest BCUT2D eigenvalue weighted by Gasteiger charge is -2.08. The van der Waals surface area contributed by atoms with Gasteiger partial charge in [0.05, 0.1) is 10.2 Å². The van der Waals surface area contributed by atoms with E-state index >= 15 is 0 Å². The molecule has 1 rings (SSSR count). The van der Waals surface area contributed by atoms with Gasteiger partial charge in [0.15, 0.2) is 0 Å². The van der Waals surface area contributed by atoms with Crippen molar-refractivity contribution in [3.8, 4) is 0 Å². The molecule has 0 unspecified atom stereocenters. The largest absolute Gasteiger partial charge is 0.383 e. The number of hydrogen-bond donors (Lipinski definition) is 1. The lowest BCUT2D eigenvalue weighted by Crippen LogP contribution is -2.04. The van der Waals surface area contributed by atoms with Crippen molar-refractivity contribution in [3.05, 3.63) is 40.9 Å². The fourth-order valence-electron chi connectivity index (χ4n) is 1.47. The van der Waals surface area contributed by atoms with Gasteiger partial charge >= 0.3 is 0 Å². The van der Waals surface area contributed by atoms with E-state index in [4.69, 9.17) is 0 Å². The van der Waals surface area contributed by atoms with E-state index in [0.717, 1.165) is 31.7 Å². The molecule has 0 saturated carbocycles. The maximum absolute atomic E-state index is 13.4. The van der Waals surface area contributed by atoms with Crippen LogP contribution in [0, 0.1) is 11.6 Å². The second-order valence-electron chi connectivity index (χ2n) is 3.81. The van der Waals surface area contributed by atoms with Crippen molar-refractivity contribution >= 4 is 21.6 Å². The molecular weight excluding hydrogens is 288 g/mol. The molecular formula is C13H16BrF2N. The minimum absolute atomic E-state index is 0.145. The third kappa shape index (κ3) is 4.86. The zero-order valence-electron chi connectivity index (χ0n) is 9.61. The monoisotopic (exact) mass is 303 g/mol. The first-order valence-corrected chi connectivity index (χ1v) is 6.43. The van der Waals surface area contributed by atoms with Crippen molar-refractivity contribution in [1.82, 2.24) is 0 Å². The van der Waals surface area contributed by atoms with Gasteiger partial charge in [-0.3, -0.25) is 0 Å². The molecule has 0 fully saturated rings. The Morgan fingerprint density at radius 1 is 1.18 bits per heavy atom. The van der Waals surface area contributed by atoms with Gasteiger partial charge in [-0.2, -0.15) is 0 Å². The highest BCUT2D eigenvalue weighted by Crippen LogP contribution is 2.23. The van der Waals surface area contributed by atoms with E-state index in [-0.39, 0.29) is 10.2 Å². The first kappa shape index (κ1) is 14.2. The number of unbranched alkanes of at least 4 members (excludes halogenated alkanes) is 3. The SMILES string of the molecule is C=CCCCCCNc1cc(F)c(Br)cc1F. The van der Waals surface area contributed by atoms with E-state index in [0.29, 0.717) is 6.54 Å². The first-order chi connectivity index (χ1) is 8.15. The minimum atomic E-state index is -0.458. The van der Waals surface area contributed by atoms with Crippen molar-refractivity contribution in [3.63, 3.8) is 0 Å². The molecule has 0 aliphatic carbocycles. The van der Waals surface area contributed by atoms with Crippen LogP contribution >= 0.6 is 15.9 Å². The highest BCUT2D eigenvalue weighted by atomic mass is 79.9. The Morgan fingerprint density at radius 3 is 2.65 bits per heavy atom. The predicted molar refractivity (Wildman–Crippen MR) is 71.2 cm³/mol. The molecule has 0 heterocycles.